The molecule has 1 unspecified atom stereocenters. The molecule has 0 aromatic heterocycles. The molecule has 2 fully saturated rings. The molecule has 0 N–H and O–H groups in total. The monoisotopic (exact) mass is 320 g/mol. The Hall–Kier alpha value is -0.673. The van der Waals surface area contributed by atoms with Crippen molar-refractivity contribution < 1.29 is 9.22 Å². The third-order valence-electron chi connectivity index (χ3n) is 6.41. The Morgan fingerprint density at radius 1 is 1.36 bits per heavy atom. The van der Waals surface area contributed by atoms with Gasteiger partial charge in [-0.2, -0.15) is 0 Å². The summed E-state index contributed by atoms with van der Waals surface area (Å²) in [5, 5.41) is 0.147. The van der Waals surface area contributed by atoms with E-state index in [1.54, 1.807) is 0 Å². The van der Waals surface area contributed by atoms with Gasteiger partial charge in [0, 0.05) is 5.92 Å². The lowest BCUT2D eigenvalue weighted by Crippen LogP contribution is -2.54. The molecule has 0 aromatic carbocycles. The van der Waals surface area contributed by atoms with E-state index in [1.165, 1.54) is 11.9 Å². The molecule has 2 bridgehead atoms. The SMILES string of the molecule is C=C(C)C1CC[C@H]2C(=C)C[C@]1(C=O)[C@H]2O[Si](C)(C)C(C)(C)C. The van der Waals surface area contributed by atoms with E-state index in [2.05, 4.69) is 53.9 Å². The van der Waals surface area contributed by atoms with Gasteiger partial charge in [0.1, 0.15) is 6.29 Å². The van der Waals surface area contributed by atoms with Crippen molar-refractivity contribution in [2.45, 2.75) is 71.2 Å². The zero-order valence-corrected chi connectivity index (χ0v) is 16.2. The molecule has 0 heterocycles. The summed E-state index contributed by atoms with van der Waals surface area (Å²) in [6, 6.07) is 0. The molecule has 2 rings (SSSR count). The van der Waals surface area contributed by atoms with E-state index in [0.717, 1.165) is 24.8 Å². The van der Waals surface area contributed by atoms with Crippen LogP contribution in [0.25, 0.3) is 0 Å². The zero-order chi connectivity index (χ0) is 16.9. The first-order chi connectivity index (χ1) is 9.96. The smallest absolute Gasteiger partial charge is 0.192 e. The van der Waals surface area contributed by atoms with Gasteiger partial charge in [-0.1, -0.05) is 45.1 Å². The second-order valence-corrected chi connectivity index (χ2v) is 13.7. The normalized spacial score (nSPS) is 35.5. The number of hydrogen-bond donors (Lipinski definition) is 0. The largest absolute Gasteiger partial charge is 0.412 e. The second kappa shape index (κ2) is 5.45. The van der Waals surface area contributed by atoms with Gasteiger partial charge in [0.25, 0.3) is 0 Å². The standard InChI is InChI=1S/C19H32O2Si/c1-13(2)16-10-9-15-14(3)11-19(16,12-20)17(15)21-22(7,8)18(4,5)6/h12,15-17H,1,3,9-11H2,2,4-8H3/t15-,16?,17-,19+/m0/s1. The molecular weight excluding hydrogens is 288 g/mol. The van der Waals surface area contributed by atoms with Crippen LogP contribution in [0.5, 0.6) is 0 Å². The summed E-state index contributed by atoms with van der Waals surface area (Å²) < 4.78 is 6.78. The van der Waals surface area contributed by atoms with Crippen LogP contribution in [-0.2, 0) is 9.22 Å². The van der Waals surface area contributed by atoms with E-state index in [4.69, 9.17) is 4.43 Å². The number of carbonyl (C=O) groups is 1. The van der Waals surface area contributed by atoms with Crippen molar-refractivity contribution in [3.63, 3.8) is 0 Å². The van der Waals surface area contributed by atoms with Gasteiger partial charge >= 0.3 is 0 Å². The molecular formula is C19H32O2Si. The molecule has 0 radical (unpaired) electrons. The molecule has 124 valence electrons. The molecule has 2 nitrogen and oxygen atoms in total. The highest BCUT2D eigenvalue weighted by molar-refractivity contribution is 6.74. The van der Waals surface area contributed by atoms with Crippen LogP contribution in [0.4, 0.5) is 0 Å². The van der Waals surface area contributed by atoms with E-state index in [1.807, 2.05) is 0 Å². The Morgan fingerprint density at radius 3 is 2.41 bits per heavy atom. The van der Waals surface area contributed by atoms with Gasteiger partial charge in [0.05, 0.1) is 11.5 Å². The van der Waals surface area contributed by atoms with Gasteiger partial charge in [-0.3, -0.25) is 0 Å². The molecule has 0 spiro atoms. The van der Waals surface area contributed by atoms with Crippen LogP contribution in [-0.4, -0.2) is 20.7 Å². The van der Waals surface area contributed by atoms with Gasteiger partial charge in [-0.15, -0.1) is 0 Å². The number of carbonyl (C=O) groups excluding carboxylic acids is 1. The Balaban J connectivity index is 2.43. The van der Waals surface area contributed by atoms with Crippen LogP contribution >= 0.6 is 0 Å². The van der Waals surface area contributed by atoms with Gasteiger partial charge in [-0.25, -0.2) is 0 Å². The van der Waals surface area contributed by atoms with Crippen LogP contribution in [0.1, 0.15) is 47.0 Å². The number of hydrogen-bond acceptors (Lipinski definition) is 2. The predicted octanol–water partition coefficient (Wildman–Crippen LogP) is 5.12. The predicted molar refractivity (Wildman–Crippen MR) is 95.4 cm³/mol. The fourth-order valence-corrected chi connectivity index (χ4v) is 5.46. The second-order valence-electron chi connectivity index (χ2n) is 8.95. The summed E-state index contributed by atoms with van der Waals surface area (Å²) in [5.74, 6) is 0.574. The maximum atomic E-state index is 12.2. The minimum atomic E-state index is -1.92. The minimum Gasteiger partial charge on any atom is -0.412 e. The summed E-state index contributed by atoms with van der Waals surface area (Å²) >= 11 is 0. The van der Waals surface area contributed by atoms with Crippen LogP contribution in [0.3, 0.4) is 0 Å². The summed E-state index contributed by atoms with van der Waals surface area (Å²) in [6.07, 6.45) is 4.06. The Morgan fingerprint density at radius 2 is 1.95 bits per heavy atom. The molecule has 0 aromatic rings. The van der Waals surface area contributed by atoms with Crippen molar-refractivity contribution in [3.8, 4) is 0 Å². The average molecular weight is 321 g/mol. The van der Waals surface area contributed by atoms with E-state index < -0.39 is 13.7 Å². The van der Waals surface area contributed by atoms with Crippen molar-refractivity contribution in [3.05, 3.63) is 24.3 Å². The van der Waals surface area contributed by atoms with Crippen molar-refractivity contribution in [1.29, 1.82) is 0 Å². The Labute approximate surface area is 137 Å². The van der Waals surface area contributed by atoms with Gasteiger partial charge in [-0.05, 0) is 50.2 Å². The molecule has 2 aliphatic carbocycles. The van der Waals surface area contributed by atoms with E-state index in [9.17, 15) is 4.79 Å². The maximum Gasteiger partial charge on any atom is 0.192 e. The molecule has 4 atom stereocenters. The van der Waals surface area contributed by atoms with Crippen LogP contribution in [0.15, 0.2) is 24.3 Å². The number of allylic oxidation sites excluding steroid dienone is 1. The van der Waals surface area contributed by atoms with Gasteiger partial charge in [0.15, 0.2) is 8.32 Å². The first-order valence-electron chi connectivity index (χ1n) is 8.43. The number of rotatable bonds is 4. The summed E-state index contributed by atoms with van der Waals surface area (Å²) in [5.41, 5.74) is 1.89. The van der Waals surface area contributed by atoms with Crippen LogP contribution in [0, 0.1) is 17.3 Å². The Kier molecular flexibility index (Phi) is 4.38. The lowest BCUT2D eigenvalue weighted by molar-refractivity contribution is -0.127. The lowest BCUT2D eigenvalue weighted by Gasteiger charge is -2.49. The third-order valence-corrected chi connectivity index (χ3v) is 10.9. The average Bonchev–Trinajstić information content (AvgIpc) is 2.54. The molecule has 22 heavy (non-hydrogen) atoms. The van der Waals surface area contributed by atoms with Gasteiger partial charge < -0.3 is 9.22 Å². The summed E-state index contributed by atoms with van der Waals surface area (Å²) in [6.45, 7) is 21.8. The highest BCUT2D eigenvalue weighted by Gasteiger charge is 2.60. The van der Waals surface area contributed by atoms with Crippen LogP contribution in [0.2, 0.25) is 18.1 Å². The van der Waals surface area contributed by atoms with E-state index in [-0.39, 0.29) is 17.1 Å². The van der Waals surface area contributed by atoms with E-state index >= 15 is 0 Å². The topological polar surface area (TPSA) is 26.3 Å². The van der Waals surface area contributed by atoms with Crippen molar-refractivity contribution in [2.24, 2.45) is 17.3 Å². The highest BCUT2D eigenvalue weighted by Crippen LogP contribution is 2.59. The molecule has 0 saturated heterocycles. The first-order valence-corrected chi connectivity index (χ1v) is 11.3. The Bertz CT molecular complexity index is 500. The number of aldehydes is 1. The number of fused-ring (bicyclic) bond motifs is 2. The fraction of sp³-hybridized carbons (Fsp3) is 0.737. The third kappa shape index (κ3) is 2.56. The van der Waals surface area contributed by atoms with Crippen LogP contribution < -0.4 is 0 Å². The van der Waals surface area contributed by atoms with Crippen molar-refractivity contribution >= 4 is 14.6 Å². The maximum absolute atomic E-state index is 12.2. The summed E-state index contributed by atoms with van der Waals surface area (Å²) in [7, 11) is -1.92. The lowest BCUT2D eigenvalue weighted by atomic mass is 9.64. The highest BCUT2D eigenvalue weighted by atomic mass is 28.4. The molecule has 0 aliphatic heterocycles. The van der Waals surface area contributed by atoms with E-state index in [0.29, 0.717) is 5.92 Å². The zero-order valence-electron chi connectivity index (χ0n) is 15.2. The quantitative estimate of drug-likeness (QED) is 0.408. The minimum absolute atomic E-state index is 0.00570. The van der Waals surface area contributed by atoms with Crippen molar-refractivity contribution in [2.75, 3.05) is 0 Å². The molecule has 2 saturated carbocycles. The summed E-state index contributed by atoms with van der Waals surface area (Å²) in [4.78, 5) is 12.2. The van der Waals surface area contributed by atoms with Gasteiger partial charge in [0.2, 0.25) is 0 Å². The molecule has 2 aliphatic rings. The fourth-order valence-electron chi connectivity index (χ4n) is 4.09. The molecule has 3 heteroatoms. The first kappa shape index (κ1) is 17.7. The molecule has 0 amide bonds. The van der Waals surface area contributed by atoms with Crippen molar-refractivity contribution in [1.82, 2.24) is 0 Å².